The van der Waals surface area contributed by atoms with E-state index < -0.39 is 11.7 Å². The number of aromatic nitrogens is 1. The van der Waals surface area contributed by atoms with Crippen molar-refractivity contribution < 1.29 is 17.9 Å². The van der Waals surface area contributed by atoms with Gasteiger partial charge in [0, 0.05) is 17.8 Å². The standard InChI is InChI=1S/C25H24ClF3N2O/c1-3-17(2)8-7-15-30-22-13-14-23(31-24(22)18-9-5-4-6-10-18)32-19-11-12-21(26)20(16-19)25(27,28)29/h4-6,9-17H,3,7-8H2,1-2H3. The Balaban J connectivity index is 1.90. The van der Waals surface area contributed by atoms with Crippen LogP contribution in [0, 0.1) is 5.92 Å². The van der Waals surface area contributed by atoms with Gasteiger partial charge in [-0.15, -0.1) is 0 Å². The van der Waals surface area contributed by atoms with Crippen LogP contribution in [0.1, 0.15) is 38.7 Å². The second kappa shape index (κ2) is 10.6. The molecule has 7 heteroatoms. The first kappa shape index (κ1) is 23.8. The SMILES string of the molecule is CCC(C)CCC=Nc1ccc(Oc2ccc(Cl)c(C(F)(F)F)c2)nc1-c1ccccc1. The molecule has 0 bridgehead atoms. The Hall–Kier alpha value is -2.86. The molecule has 3 rings (SSSR count). The van der Waals surface area contributed by atoms with E-state index in [-0.39, 0.29) is 16.7 Å². The van der Waals surface area contributed by atoms with E-state index in [4.69, 9.17) is 16.3 Å². The highest BCUT2D eigenvalue weighted by Gasteiger charge is 2.33. The summed E-state index contributed by atoms with van der Waals surface area (Å²) in [5, 5.41) is -0.384. The zero-order valence-corrected chi connectivity index (χ0v) is 18.6. The number of benzene rings is 2. The van der Waals surface area contributed by atoms with Crippen LogP contribution in [-0.4, -0.2) is 11.2 Å². The van der Waals surface area contributed by atoms with E-state index in [0.29, 0.717) is 17.3 Å². The first-order chi connectivity index (χ1) is 15.3. The molecule has 32 heavy (non-hydrogen) atoms. The summed E-state index contributed by atoms with van der Waals surface area (Å²) in [6.45, 7) is 4.37. The molecule has 1 atom stereocenters. The van der Waals surface area contributed by atoms with Gasteiger partial charge in [0.1, 0.15) is 5.75 Å². The maximum Gasteiger partial charge on any atom is 0.417 e. The van der Waals surface area contributed by atoms with Crippen LogP contribution in [0.3, 0.4) is 0 Å². The van der Waals surface area contributed by atoms with E-state index in [1.54, 1.807) is 12.1 Å². The molecule has 0 fully saturated rings. The summed E-state index contributed by atoms with van der Waals surface area (Å²) in [5.41, 5.74) is 1.13. The van der Waals surface area contributed by atoms with Gasteiger partial charge < -0.3 is 4.74 Å². The maximum absolute atomic E-state index is 13.2. The molecule has 0 amide bonds. The van der Waals surface area contributed by atoms with Gasteiger partial charge in [-0.05, 0) is 43.0 Å². The molecule has 0 N–H and O–H groups in total. The lowest BCUT2D eigenvalue weighted by molar-refractivity contribution is -0.137. The van der Waals surface area contributed by atoms with Gasteiger partial charge in [-0.2, -0.15) is 13.2 Å². The summed E-state index contributed by atoms with van der Waals surface area (Å²) < 4.78 is 45.1. The molecule has 168 valence electrons. The third kappa shape index (κ3) is 6.33. The Morgan fingerprint density at radius 2 is 1.84 bits per heavy atom. The lowest BCUT2D eigenvalue weighted by Gasteiger charge is -2.13. The molecule has 0 aliphatic carbocycles. The molecule has 0 saturated carbocycles. The fourth-order valence-electron chi connectivity index (χ4n) is 3.04. The molecule has 0 spiro atoms. The van der Waals surface area contributed by atoms with Crippen molar-refractivity contribution in [3.05, 3.63) is 71.2 Å². The minimum Gasteiger partial charge on any atom is -0.439 e. The molecule has 0 aliphatic rings. The third-order valence-electron chi connectivity index (χ3n) is 5.08. The number of aliphatic imine (C=N–C) groups is 1. The molecule has 0 saturated heterocycles. The van der Waals surface area contributed by atoms with Gasteiger partial charge in [0.25, 0.3) is 0 Å². The minimum absolute atomic E-state index is 0.00181. The molecule has 1 unspecified atom stereocenters. The van der Waals surface area contributed by atoms with Gasteiger partial charge in [0.2, 0.25) is 5.88 Å². The Morgan fingerprint density at radius 3 is 2.53 bits per heavy atom. The minimum atomic E-state index is -4.58. The second-order valence-corrected chi connectivity index (χ2v) is 7.93. The number of hydrogen-bond donors (Lipinski definition) is 0. The summed E-state index contributed by atoms with van der Waals surface area (Å²) >= 11 is 5.69. The summed E-state index contributed by atoms with van der Waals surface area (Å²) in [5.74, 6) is 0.792. The lowest BCUT2D eigenvalue weighted by Crippen LogP contribution is -2.06. The smallest absolute Gasteiger partial charge is 0.417 e. The van der Waals surface area contributed by atoms with E-state index >= 15 is 0 Å². The largest absolute Gasteiger partial charge is 0.439 e. The van der Waals surface area contributed by atoms with Crippen molar-refractivity contribution in [2.75, 3.05) is 0 Å². The number of hydrogen-bond acceptors (Lipinski definition) is 3. The van der Waals surface area contributed by atoms with Gasteiger partial charge >= 0.3 is 6.18 Å². The Morgan fingerprint density at radius 1 is 1.09 bits per heavy atom. The van der Waals surface area contributed by atoms with Crippen LogP contribution < -0.4 is 4.74 Å². The predicted octanol–water partition coefficient (Wildman–Crippen LogP) is 8.74. The molecule has 0 aliphatic heterocycles. The van der Waals surface area contributed by atoms with Crippen molar-refractivity contribution in [1.29, 1.82) is 0 Å². The highest BCUT2D eigenvalue weighted by atomic mass is 35.5. The second-order valence-electron chi connectivity index (χ2n) is 7.53. The van der Waals surface area contributed by atoms with Gasteiger partial charge in [-0.25, -0.2) is 4.98 Å². The van der Waals surface area contributed by atoms with E-state index in [9.17, 15) is 13.2 Å². The summed E-state index contributed by atoms with van der Waals surface area (Å²) in [6, 6.07) is 16.2. The van der Waals surface area contributed by atoms with E-state index in [2.05, 4.69) is 23.8 Å². The van der Waals surface area contributed by atoms with Crippen molar-refractivity contribution in [3.63, 3.8) is 0 Å². The molecule has 0 radical (unpaired) electrons. The van der Waals surface area contributed by atoms with Crippen LogP contribution in [0.25, 0.3) is 11.3 Å². The average molecular weight is 461 g/mol. The van der Waals surface area contributed by atoms with Crippen molar-refractivity contribution in [1.82, 2.24) is 4.98 Å². The van der Waals surface area contributed by atoms with E-state index in [0.717, 1.165) is 37.0 Å². The molecular formula is C25H24ClF3N2O. The Kier molecular flexibility index (Phi) is 7.91. The van der Waals surface area contributed by atoms with Crippen LogP contribution in [0.5, 0.6) is 11.6 Å². The fourth-order valence-corrected chi connectivity index (χ4v) is 3.26. The van der Waals surface area contributed by atoms with Crippen molar-refractivity contribution in [2.45, 2.75) is 39.3 Å². The maximum atomic E-state index is 13.2. The molecule has 3 nitrogen and oxygen atoms in total. The van der Waals surface area contributed by atoms with Gasteiger partial charge in [-0.3, -0.25) is 4.99 Å². The zero-order chi connectivity index (χ0) is 23.1. The molecule has 1 heterocycles. The van der Waals surface area contributed by atoms with Gasteiger partial charge in [-0.1, -0.05) is 62.2 Å². The van der Waals surface area contributed by atoms with Crippen molar-refractivity contribution in [3.8, 4) is 22.9 Å². The Bertz CT molecular complexity index is 1070. The van der Waals surface area contributed by atoms with Crippen LogP contribution in [0.2, 0.25) is 5.02 Å². The highest BCUT2D eigenvalue weighted by molar-refractivity contribution is 6.31. The number of ether oxygens (including phenoxy) is 1. The van der Waals surface area contributed by atoms with Crippen LogP contribution in [-0.2, 0) is 6.18 Å². The summed E-state index contributed by atoms with van der Waals surface area (Å²) in [6.07, 6.45) is 0.329. The topological polar surface area (TPSA) is 34.5 Å². The number of pyridine rings is 1. The van der Waals surface area contributed by atoms with Crippen LogP contribution >= 0.6 is 11.6 Å². The van der Waals surface area contributed by atoms with E-state index in [1.807, 2.05) is 36.5 Å². The predicted molar refractivity (Wildman–Crippen MR) is 123 cm³/mol. The van der Waals surface area contributed by atoms with Crippen molar-refractivity contribution in [2.24, 2.45) is 10.9 Å². The summed E-state index contributed by atoms with van der Waals surface area (Å²) in [4.78, 5) is 9.12. The monoisotopic (exact) mass is 460 g/mol. The van der Waals surface area contributed by atoms with Crippen LogP contribution in [0.15, 0.2) is 65.7 Å². The van der Waals surface area contributed by atoms with E-state index in [1.165, 1.54) is 6.07 Å². The first-order valence-electron chi connectivity index (χ1n) is 10.4. The molecule has 3 aromatic rings. The van der Waals surface area contributed by atoms with Gasteiger partial charge in [0.05, 0.1) is 22.0 Å². The number of alkyl halides is 3. The third-order valence-corrected chi connectivity index (χ3v) is 5.41. The number of halogens is 4. The first-order valence-corrected chi connectivity index (χ1v) is 10.8. The quantitative estimate of drug-likeness (QED) is 0.315. The zero-order valence-electron chi connectivity index (χ0n) is 17.9. The summed E-state index contributed by atoms with van der Waals surface area (Å²) in [7, 11) is 0. The normalized spacial score (nSPS) is 12.8. The average Bonchev–Trinajstić information content (AvgIpc) is 2.78. The molecule has 2 aromatic carbocycles. The van der Waals surface area contributed by atoms with Crippen LogP contribution in [0.4, 0.5) is 18.9 Å². The molecular weight excluding hydrogens is 437 g/mol. The van der Waals surface area contributed by atoms with Gasteiger partial charge in [0.15, 0.2) is 0 Å². The van der Waals surface area contributed by atoms with Crippen molar-refractivity contribution >= 4 is 23.5 Å². The Labute approximate surface area is 190 Å². The number of nitrogens with zero attached hydrogens (tertiary/aromatic N) is 2. The molecule has 1 aromatic heterocycles. The fraction of sp³-hybridized carbons (Fsp3) is 0.280. The lowest BCUT2D eigenvalue weighted by atomic mass is 10.0. The number of rotatable bonds is 8. The highest BCUT2D eigenvalue weighted by Crippen LogP contribution is 2.38.